The van der Waals surface area contributed by atoms with Crippen LogP contribution in [-0.2, 0) is 0 Å². The number of hydrogen-bond donors (Lipinski definition) is 1. The average Bonchev–Trinajstić information content (AvgIpc) is 2.42. The maximum atomic E-state index is 13.4. The second kappa shape index (κ2) is 5.61. The summed E-state index contributed by atoms with van der Waals surface area (Å²) < 4.78 is 39.2. The summed E-state index contributed by atoms with van der Waals surface area (Å²) in [4.78, 5) is 0. The van der Waals surface area contributed by atoms with Crippen molar-refractivity contribution >= 4 is 11.3 Å². The molecule has 0 aromatic heterocycles. The second-order valence-corrected chi connectivity index (χ2v) is 4.07. The van der Waals surface area contributed by atoms with E-state index in [0.29, 0.717) is 6.07 Å². The molecule has 2 aromatic carbocycles. The highest BCUT2D eigenvalue weighted by Gasteiger charge is 2.09. The third-order valence-electron chi connectivity index (χ3n) is 2.68. The van der Waals surface area contributed by atoms with E-state index in [0.717, 1.165) is 17.2 Å². The summed E-state index contributed by atoms with van der Waals surface area (Å²) in [5.41, 5.74) is 1.54. The van der Waals surface area contributed by atoms with Gasteiger partial charge in [0.15, 0.2) is 11.6 Å². The molecule has 0 aliphatic carbocycles. The lowest BCUT2D eigenvalue weighted by molar-refractivity contribution is 0.496. The third-order valence-corrected chi connectivity index (χ3v) is 2.68. The summed E-state index contributed by atoms with van der Waals surface area (Å²) in [6.07, 6.45) is 0. The largest absolute Gasteiger partial charge is 0.379 e. The van der Waals surface area contributed by atoms with E-state index in [4.69, 9.17) is 0 Å². The minimum absolute atomic E-state index is 0.0871. The molecule has 0 aliphatic heterocycles. The zero-order chi connectivity index (χ0) is 13.8. The van der Waals surface area contributed by atoms with E-state index in [9.17, 15) is 13.2 Å². The summed E-state index contributed by atoms with van der Waals surface area (Å²) in [5, 5.41) is 2.70. The van der Waals surface area contributed by atoms with E-state index in [2.05, 4.69) is 11.9 Å². The van der Waals surface area contributed by atoms with Gasteiger partial charge in [0.2, 0.25) is 0 Å². The Bertz CT molecular complexity index is 594. The Hall–Kier alpha value is -2.23. The van der Waals surface area contributed by atoms with E-state index in [1.165, 1.54) is 0 Å². The van der Waals surface area contributed by atoms with Gasteiger partial charge in [0.05, 0.1) is 5.69 Å². The molecule has 0 fully saturated rings. The minimum atomic E-state index is -1.20. The first-order chi connectivity index (χ1) is 9.08. The van der Waals surface area contributed by atoms with E-state index in [1.807, 2.05) is 30.3 Å². The van der Waals surface area contributed by atoms with Gasteiger partial charge in [-0.2, -0.15) is 0 Å². The van der Waals surface area contributed by atoms with Crippen molar-refractivity contribution in [3.8, 4) is 0 Å². The van der Waals surface area contributed by atoms with Gasteiger partial charge in [0.25, 0.3) is 0 Å². The number of hydrogen-bond acceptors (Lipinski definition) is 1. The lowest BCUT2D eigenvalue weighted by Crippen LogP contribution is -2.06. The topological polar surface area (TPSA) is 12.0 Å². The summed E-state index contributed by atoms with van der Waals surface area (Å²) in [7, 11) is 0. The molecule has 19 heavy (non-hydrogen) atoms. The van der Waals surface area contributed by atoms with Crippen molar-refractivity contribution in [2.45, 2.75) is 0 Å². The molecule has 2 rings (SSSR count). The quantitative estimate of drug-likeness (QED) is 0.814. The third kappa shape index (κ3) is 3.16. The van der Waals surface area contributed by atoms with Crippen molar-refractivity contribution in [1.29, 1.82) is 0 Å². The first-order valence-corrected chi connectivity index (χ1v) is 5.69. The molecule has 98 valence electrons. The van der Waals surface area contributed by atoms with E-state index < -0.39 is 17.5 Å². The highest BCUT2D eigenvalue weighted by Crippen LogP contribution is 2.20. The Balaban J connectivity index is 2.07. The van der Waals surface area contributed by atoms with Crippen molar-refractivity contribution in [1.82, 2.24) is 0 Å². The van der Waals surface area contributed by atoms with Crippen LogP contribution in [0.3, 0.4) is 0 Å². The molecule has 1 nitrogen and oxygen atoms in total. The zero-order valence-corrected chi connectivity index (χ0v) is 10.1. The molecular formula is C15H12F3N. The van der Waals surface area contributed by atoms with E-state index in [-0.39, 0.29) is 12.2 Å². The molecule has 0 aliphatic rings. The van der Waals surface area contributed by atoms with Crippen LogP contribution in [0.15, 0.2) is 49.0 Å². The van der Waals surface area contributed by atoms with E-state index >= 15 is 0 Å². The van der Waals surface area contributed by atoms with Gasteiger partial charge < -0.3 is 5.32 Å². The number of anilines is 1. The summed E-state index contributed by atoms with van der Waals surface area (Å²) in [6, 6.07) is 10.6. The fraction of sp³-hybridized carbons (Fsp3) is 0.0667. The van der Waals surface area contributed by atoms with Crippen LogP contribution in [0.25, 0.3) is 5.57 Å². The molecule has 0 heterocycles. The summed E-state index contributed by atoms with van der Waals surface area (Å²) in [6.45, 7) is 4.10. The van der Waals surface area contributed by atoms with Crippen molar-refractivity contribution in [2.75, 3.05) is 11.9 Å². The monoisotopic (exact) mass is 263 g/mol. The Labute approximate surface area is 109 Å². The lowest BCUT2D eigenvalue weighted by atomic mass is 10.1. The molecule has 0 radical (unpaired) electrons. The molecule has 0 amide bonds. The first-order valence-electron chi connectivity index (χ1n) is 5.69. The van der Waals surface area contributed by atoms with Gasteiger partial charge in [-0.25, -0.2) is 13.2 Å². The number of benzene rings is 2. The molecule has 0 spiro atoms. The average molecular weight is 263 g/mol. The van der Waals surface area contributed by atoms with Crippen LogP contribution >= 0.6 is 0 Å². The molecular weight excluding hydrogens is 251 g/mol. The van der Waals surface area contributed by atoms with E-state index in [1.54, 1.807) is 0 Å². The Morgan fingerprint density at radius 2 is 1.58 bits per heavy atom. The molecule has 0 saturated carbocycles. The molecule has 0 saturated heterocycles. The van der Waals surface area contributed by atoms with Crippen LogP contribution < -0.4 is 5.32 Å². The fourth-order valence-corrected chi connectivity index (χ4v) is 1.64. The standard InChI is InChI=1S/C15H12F3N/c1-10(11-5-3-2-4-6-11)9-19-15-8-13(17)12(16)7-14(15)18/h2-8,19H,1,9H2. The predicted molar refractivity (Wildman–Crippen MR) is 70.3 cm³/mol. The molecule has 0 unspecified atom stereocenters. The Kier molecular flexibility index (Phi) is 3.90. The molecule has 1 N–H and O–H groups in total. The van der Waals surface area contributed by atoms with Crippen LogP contribution in [-0.4, -0.2) is 6.54 Å². The highest BCUT2D eigenvalue weighted by atomic mass is 19.2. The van der Waals surface area contributed by atoms with Gasteiger partial charge in [-0.05, 0) is 11.1 Å². The van der Waals surface area contributed by atoms with Gasteiger partial charge in [-0.3, -0.25) is 0 Å². The van der Waals surface area contributed by atoms with Crippen molar-refractivity contribution in [2.24, 2.45) is 0 Å². The van der Waals surface area contributed by atoms with Crippen LogP contribution in [0.2, 0.25) is 0 Å². The highest BCUT2D eigenvalue weighted by molar-refractivity contribution is 5.67. The summed E-state index contributed by atoms with van der Waals surface area (Å²) in [5.74, 6) is -3.13. The van der Waals surface area contributed by atoms with Gasteiger partial charge in [-0.15, -0.1) is 0 Å². The maximum absolute atomic E-state index is 13.4. The number of nitrogens with one attached hydrogen (secondary N) is 1. The maximum Gasteiger partial charge on any atom is 0.161 e. The SMILES string of the molecule is C=C(CNc1cc(F)c(F)cc1F)c1ccccc1. The smallest absolute Gasteiger partial charge is 0.161 e. The van der Waals surface area contributed by atoms with Gasteiger partial charge in [-0.1, -0.05) is 36.9 Å². The van der Waals surface area contributed by atoms with Gasteiger partial charge in [0, 0.05) is 18.7 Å². The molecule has 0 atom stereocenters. The Morgan fingerprint density at radius 3 is 2.26 bits per heavy atom. The van der Waals surface area contributed by atoms with Crippen LogP contribution in [0, 0.1) is 17.5 Å². The Morgan fingerprint density at radius 1 is 0.947 bits per heavy atom. The minimum Gasteiger partial charge on any atom is -0.379 e. The molecule has 4 heteroatoms. The normalized spacial score (nSPS) is 10.3. The number of rotatable bonds is 4. The summed E-state index contributed by atoms with van der Waals surface area (Å²) >= 11 is 0. The predicted octanol–water partition coefficient (Wildman–Crippen LogP) is 4.23. The van der Waals surface area contributed by atoms with Gasteiger partial charge in [0.1, 0.15) is 5.82 Å². The lowest BCUT2D eigenvalue weighted by Gasteiger charge is -2.10. The number of halogens is 3. The van der Waals surface area contributed by atoms with Crippen LogP contribution in [0.1, 0.15) is 5.56 Å². The van der Waals surface area contributed by atoms with Crippen molar-refractivity contribution < 1.29 is 13.2 Å². The zero-order valence-electron chi connectivity index (χ0n) is 10.1. The van der Waals surface area contributed by atoms with Crippen molar-refractivity contribution in [3.63, 3.8) is 0 Å². The van der Waals surface area contributed by atoms with Crippen LogP contribution in [0.4, 0.5) is 18.9 Å². The van der Waals surface area contributed by atoms with Crippen LogP contribution in [0.5, 0.6) is 0 Å². The second-order valence-electron chi connectivity index (χ2n) is 4.07. The molecule has 0 bridgehead atoms. The fourth-order valence-electron chi connectivity index (χ4n) is 1.64. The van der Waals surface area contributed by atoms with Crippen molar-refractivity contribution in [3.05, 3.63) is 72.1 Å². The first kappa shape index (κ1) is 13.2. The molecule has 2 aromatic rings. The van der Waals surface area contributed by atoms with Gasteiger partial charge >= 0.3 is 0 Å².